The lowest BCUT2D eigenvalue weighted by Gasteiger charge is -2.53. The Morgan fingerprint density at radius 1 is 0.730 bits per heavy atom. The minimum absolute atomic E-state index is 0.110. The summed E-state index contributed by atoms with van der Waals surface area (Å²) in [6.07, 6.45) is 6.99. The molecule has 2 heterocycles. The molecule has 0 saturated carbocycles. The molecule has 0 aliphatic carbocycles. The number of esters is 2. The van der Waals surface area contributed by atoms with Crippen LogP contribution in [0.3, 0.4) is 0 Å². The Morgan fingerprint density at radius 3 is 1.41 bits per heavy atom. The van der Waals surface area contributed by atoms with Crippen LogP contribution in [0.2, 0.25) is 0 Å². The van der Waals surface area contributed by atoms with Gasteiger partial charge in [0, 0.05) is 46.8 Å². The van der Waals surface area contributed by atoms with Gasteiger partial charge in [-0.25, -0.2) is 0 Å². The molecule has 0 bridgehead atoms. The summed E-state index contributed by atoms with van der Waals surface area (Å²) in [5.74, 6) is -1.40. The lowest BCUT2D eigenvalue weighted by Crippen LogP contribution is -2.66. The smallest absolute Gasteiger partial charge is 0.320 e. The van der Waals surface area contributed by atoms with Crippen molar-refractivity contribution in [2.24, 2.45) is 17.8 Å². The van der Waals surface area contributed by atoms with Crippen molar-refractivity contribution in [2.75, 3.05) is 0 Å². The van der Waals surface area contributed by atoms with E-state index in [2.05, 4.69) is 86.8 Å². The second kappa shape index (κ2) is 12.4. The van der Waals surface area contributed by atoms with E-state index < -0.39 is 17.9 Å². The predicted octanol–water partition coefficient (Wildman–Crippen LogP) is 6.55. The van der Waals surface area contributed by atoms with Crippen molar-refractivity contribution in [3.05, 3.63) is 0 Å². The van der Waals surface area contributed by atoms with Crippen LogP contribution in [0.4, 0.5) is 0 Å². The molecule has 0 radical (unpaired) electrons. The summed E-state index contributed by atoms with van der Waals surface area (Å²) < 4.78 is 12.5. The van der Waals surface area contributed by atoms with Gasteiger partial charge in [0.25, 0.3) is 0 Å². The quantitative estimate of drug-likeness (QED) is 0.237. The summed E-state index contributed by atoms with van der Waals surface area (Å²) in [6, 6.07) is 0. The van der Waals surface area contributed by atoms with Gasteiger partial charge in [0.1, 0.15) is 12.2 Å². The van der Waals surface area contributed by atoms with E-state index in [1.165, 1.54) is 0 Å². The lowest BCUT2D eigenvalue weighted by atomic mass is 9.70. The van der Waals surface area contributed by atoms with Crippen molar-refractivity contribution >= 4 is 11.9 Å². The van der Waals surface area contributed by atoms with Gasteiger partial charge < -0.3 is 20.1 Å². The zero-order valence-electron chi connectivity index (χ0n) is 25.9. The number of piperidine rings is 2. The average Bonchev–Trinajstić information content (AvgIpc) is 2.85. The molecule has 0 aromatic carbocycles. The Bertz CT molecular complexity index is 729. The van der Waals surface area contributed by atoms with E-state index in [-0.39, 0.29) is 46.2 Å². The minimum atomic E-state index is -0.870. The van der Waals surface area contributed by atoms with Crippen LogP contribution in [0.5, 0.6) is 0 Å². The molecule has 8 atom stereocenters. The van der Waals surface area contributed by atoms with E-state index in [4.69, 9.17) is 9.47 Å². The monoisotopic (exact) mass is 522 g/mol. The Kier molecular flexibility index (Phi) is 10.7. The number of hydrogen-bond donors (Lipinski definition) is 2. The third-order valence-corrected chi connectivity index (χ3v) is 10.6. The van der Waals surface area contributed by atoms with Crippen molar-refractivity contribution < 1.29 is 19.1 Å². The fourth-order valence-electron chi connectivity index (χ4n) is 6.55. The van der Waals surface area contributed by atoms with Crippen LogP contribution in [0.25, 0.3) is 0 Å². The third kappa shape index (κ3) is 7.09. The molecule has 2 aliphatic heterocycles. The zero-order chi connectivity index (χ0) is 28.2. The number of rotatable bonds is 11. The Morgan fingerprint density at radius 2 is 1.11 bits per heavy atom. The first-order valence-electron chi connectivity index (χ1n) is 15.1. The van der Waals surface area contributed by atoms with Gasteiger partial charge in [-0.3, -0.25) is 9.59 Å². The molecule has 0 aromatic heterocycles. The fraction of sp³-hybridized carbons (Fsp3) is 0.935. The molecule has 2 fully saturated rings. The molecule has 0 spiro atoms. The first kappa shape index (κ1) is 32.1. The van der Waals surface area contributed by atoms with Crippen LogP contribution in [-0.2, 0) is 19.1 Å². The highest BCUT2D eigenvalue weighted by molar-refractivity contribution is 5.95. The number of carbonyl (C=O) groups is 2. The SMILES string of the molecule is CCCCC(C(=O)OC1CC(C)(CC)NC(C)(CC)C1C)C(=O)OC1CC(C)(CC)NC(C)(CC)C1C. The molecule has 2 aliphatic rings. The zero-order valence-corrected chi connectivity index (χ0v) is 25.9. The summed E-state index contributed by atoms with van der Waals surface area (Å²) >= 11 is 0. The minimum Gasteiger partial charge on any atom is -0.461 e. The Balaban J connectivity index is 2.25. The summed E-state index contributed by atoms with van der Waals surface area (Å²) in [5, 5.41) is 7.68. The predicted molar refractivity (Wildman–Crippen MR) is 151 cm³/mol. The molecule has 0 amide bonds. The first-order valence-corrected chi connectivity index (χ1v) is 15.1. The number of ether oxygens (including phenoxy) is 2. The van der Waals surface area contributed by atoms with Gasteiger partial charge in [-0.2, -0.15) is 0 Å². The van der Waals surface area contributed by atoms with Gasteiger partial charge in [-0.1, -0.05) is 61.3 Å². The van der Waals surface area contributed by atoms with Gasteiger partial charge in [-0.15, -0.1) is 0 Å². The van der Waals surface area contributed by atoms with Gasteiger partial charge in [0.15, 0.2) is 5.92 Å². The maximum Gasteiger partial charge on any atom is 0.320 e. The maximum absolute atomic E-state index is 13.6. The molecule has 8 unspecified atom stereocenters. The van der Waals surface area contributed by atoms with E-state index in [0.29, 0.717) is 6.42 Å². The van der Waals surface area contributed by atoms with E-state index in [1.807, 2.05) is 0 Å². The first-order chi connectivity index (χ1) is 17.1. The Hall–Kier alpha value is -1.14. The molecule has 2 N–H and O–H groups in total. The number of nitrogens with one attached hydrogen (secondary N) is 2. The molecular formula is C31H58N2O4. The van der Waals surface area contributed by atoms with Gasteiger partial charge in [0.05, 0.1) is 0 Å². The van der Waals surface area contributed by atoms with Gasteiger partial charge in [0.2, 0.25) is 0 Å². The van der Waals surface area contributed by atoms with Gasteiger partial charge >= 0.3 is 11.9 Å². The normalized spacial score (nSPS) is 41.2. The highest BCUT2D eigenvalue weighted by atomic mass is 16.6. The lowest BCUT2D eigenvalue weighted by molar-refractivity contribution is -0.178. The van der Waals surface area contributed by atoms with Crippen molar-refractivity contribution in [3.63, 3.8) is 0 Å². The van der Waals surface area contributed by atoms with Crippen molar-refractivity contribution in [2.45, 2.75) is 168 Å². The van der Waals surface area contributed by atoms with E-state index in [1.54, 1.807) is 0 Å². The molecule has 6 heteroatoms. The topological polar surface area (TPSA) is 76.7 Å². The van der Waals surface area contributed by atoms with Crippen molar-refractivity contribution in [3.8, 4) is 0 Å². The second-order valence-corrected chi connectivity index (χ2v) is 13.3. The van der Waals surface area contributed by atoms with Crippen LogP contribution in [0, 0.1) is 17.8 Å². The van der Waals surface area contributed by atoms with E-state index >= 15 is 0 Å². The molecule has 37 heavy (non-hydrogen) atoms. The summed E-state index contributed by atoms with van der Waals surface area (Å²) in [6.45, 7) is 24.0. The average molecular weight is 523 g/mol. The molecule has 216 valence electrons. The van der Waals surface area contributed by atoms with Crippen LogP contribution < -0.4 is 10.6 Å². The molecule has 0 aromatic rings. The maximum atomic E-state index is 13.6. The Labute approximate surface area is 227 Å². The number of hydrogen-bond acceptors (Lipinski definition) is 6. The number of carbonyl (C=O) groups excluding carboxylic acids is 2. The molecule has 2 rings (SSSR count). The van der Waals surface area contributed by atoms with Crippen LogP contribution in [0.1, 0.15) is 134 Å². The number of unbranched alkanes of at least 4 members (excludes halogenated alkanes) is 1. The summed E-state index contributed by atoms with van der Waals surface area (Å²) in [5.41, 5.74) is -0.483. The van der Waals surface area contributed by atoms with Crippen LogP contribution >= 0.6 is 0 Å². The largest absolute Gasteiger partial charge is 0.461 e. The summed E-state index contributed by atoms with van der Waals surface area (Å²) in [7, 11) is 0. The third-order valence-electron chi connectivity index (χ3n) is 10.6. The fourth-order valence-corrected chi connectivity index (χ4v) is 6.55. The van der Waals surface area contributed by atoms with E-state index in [0.717, 1.165) is 51.4 Å². The highest BCUT2D eigenvalue weighted by Gasteiger charge is 2.50. The highest BCUT2D eigenvalue weighted by Crippen LogP contribution is 2.41. The standard InChI is InChI=1S/C31H58N2O4/c1-12-17-18-23(26(34)36-24-19-28(8,13-2)32-30(10,15-4)21(24)6)27(35)37-25-20-29(9,14-3)33-31(11,16-5)22(25)7/h21-25,32-33H,12-20H2,1-11H3. The molecular weight excluding hydrogens is 464 g/mol. The van der Waals surface area contributed by atoms with Gasteiger partial charge in [-0.05, 0) is 59.8 Å². The summed E-state index contributed by atoms with van der Waals surface area (Å²) in [4.78, 5) is 27.3. The molecule has 2 saturated heterocycles. The van der Waals surface area contributed by atoms with Crippen LogP contribution in [0.15, 0.2) is 0 Å². The van der Waals surface area contributed by atoms with Crippen molar-refractivity contribution in [1.29, 1.82) is 0 Å². The van der Waals surface area contributed by atoms with Crippen LogP contribution in [-0.4, -0.2) is 46.3 Å². The second-order valence-electron chi connectivity index (χ2n) is 13.3. The van der Waals surface area contributed by atoms with Crippen molar-refractivity contribution in [1.82, 2.24) is 10.6 Å². The molecule has 6 nitrogen and oxygen atoms in total. The van der Waals surface area contributed by atoms with E-state index in [9.17, 15) is 9.59 Å².